The number of ether oxygens (including phenoxy) is 1. The van der Waals surface area contributed by atoms with Crippen molar-refractivity contribution in [2.24, 2.45) is 0 Å². The highest BCUT2D eigenvalue weighted by Gasteiger charge is 2.41. The van der Waals surface area contributed by atoms with E-state index in [1.165, 1.54) is 12.5 Å². The molecular formula is C17H25ClFNO. The summed E-state index contributed by atoms with van der Waals surface area (Å²) in [6.45, 7) is 2.99. The van der Waals surface area contributed by atoms with Crippen molar-refractivity contribution in [3.63, 3.8) is 0 Å². The van der Waals surface area contributed by atoms with Gasteiger partial charge in [0.1, 0.15) is 5.82 Å². The predicted octanol–water partition coefficient (Wildman–Crippen LogP) is 4.87. The van der Waals surface area contributed by atoms with Crippen LogP contribution < -0.4 is 5.32 Å². The van der Waals surface area contributed by atoms with E-state index < -0.39 is 0 Å². The Kier molecular flexibility index (Phi) is 6.03. The number of nitrogens with one attached hydrogen (secondary N) is 1. The third-order valence-corrected chi connectivity index (χ3v) is 4.84. The van der Waals surface area contributed by atoms with Crippen LogP contribution in [0.4, 0.5) is 4.39 Å². The lowest BCUT2D eigenvalue weighted by Gasteiger charge is -2.43. The van der Waals surface area contributed by atoms with Crippen molar-refractivity contribution in [1.29, 1.82) is 0 Å². The Morgan fingerprint density at radius 3 is 2.67 bits per heavy atom. The van der Waals surface area contributed by atoms with E-state index in [-0.39, 0.29) is 17.5 Å². The third-order valence-electron chi connectivity index (χ3n) is 4.50. The van der Waals surface area contributed by atoms with Gasteiger partial charge in [-0.25, -0.2) is 4.39 Å². The van der Waals surface area contributed by atoms with E-state index in [1.807, 2.05) is 0 Å². The lowest BCUT2D eigenvalue weighted by Crippen LogP contribution is -2.47. The number of rotatable bonds is 6. The molecule has 0 amide bonds. The minimum Gasteiger partial charge on any atom is -0.376 e. The quantitative estimate of drug-likeness (QED) is 0.809. The number of halogens is 2. The van der Waals surface area contributed by atoms with Crippen molar-refractivity contribution in [2.45, 2.75) is 57.1 Å². The molecule has 1 aromatic rings. The maximum atomic E-state index is 13.7. The summed E-state index contributed by atoms with van der Waals surface area (Å²) in [4.78, 5) is 0. The van der Waals surface area contributed by atoms with Crippen LogP contribution in [-0.4, -0.2) is 19.3 Å². The predicted molar refractivity (Wildman–Crippen MR) is 85.3 cm³/mol. The maximum Gasteiger partial charge on any atom is 0.123 e. The van der Waals surface area contributed by atoms with Crippen LogP contribution in [0.3, 0.4) is 0 Å². The van der Waals surface area contributed by atoms with Gasteiger partial charge in [-0.15, -0.1) is 0 Å². The Balaban J connectivity index is 2.38. The first kappa shape index (κ1) is 16.7. The van der Waals surface area contributed by atoms with E-state index in [4.69, 9.17) is 16.3 Å². The van der Waals surface area contributed by atoms with Gasteiger partial charge < -0.3 is 10.1 Å². The van der Waals surface area contributed by atoms with E-state index in [1.54, 1.807) is 19.2 Å². The smallest absolute Gasteiger partial charge is 0.123 e. The molecule has 0 aliphatic heterocycles. The van der Waals surface area contributed by atoms with Crippen molar-refractivity contribution in [3.05, 3.63) is 34.6 Å². The van der Waals surface area contributed by atoms with E-state index in [2.05, 4.69) is 12.2 Å². The molecule has 2 nitrogen and oxygen atoms in total. The van der Waals surface area contributed by atoms with Gasteiger partial charge in [0, 0.05) is 12.1 Å². The Bertz CT molecular complexity index is 460. The monoisotopic (exact) mass is 313 g/mol. The molecule has 2 rings (SSSR count). The Morgan fingerprint density at radius 2 is 2.05 bits per heavy atom. The summed E-state index contributed by atoms with van der Waals surface area (Å²) in [6, 6.07) is 4.53. The highest BCUT2D eigenvalue weighted by molar-refractivity contribution is 6.31. The molecule has 0 bridgehead atoms. The normalized spacial score (nSPS) is 19.4. The van der Waals surface area contributed by atoms with Crippen molar-refractivity contribution in [2.75, 3.05) is 13.7 Å². The lowest BCUT2D eigenvalue weighted by atomic mass is 9.76. The fourth-order valence-electron chi connectivity index (χ4n) is 3.36. The van der Waals surface area contributed by atoms with Crippen LogP contribution in [0.2, 0.25) is 5.02 Å². The summed E-state index contributed by atoms with van der Waals surface area (Å²) in [5.74, 6) is -0.250. The van der Waals surface area contributed by atoms with Gasteiger partial charge in [0.25, 0.3) is 0 Å². The van der Waals surface area contributed by atoms with Crippen LogP contribution in [0.15, 0.2) is 18.2 Å². The van der Waals surface area contributed by atoms with Crippen LogP contribution in [0.1, 0.15) is 57.1 Å². The molecule has 1 saturated carbocycles. The number of hydrogen-bond acceptors (Lipinski definition) is 2. The van der Waals surface area contributed by atoms with Crippen LogP contribution in [0, 0.1) is 5.82 Å². The van der Waals surface area contributed by atoms with Crippen LogP contribution in [0.25, 0.3) is 0 Å². The van der Waals surface area contributed by atoms with Gasteiger partial charge >= 0.3 is 0 Å². The van der Waals surface area contributed by atoms with Gasteiger partial charge in [-0.1, -0.05) is 37.8 Å². The molecule has 1 N–H and O–H groups in total. The van der Waals surface area contributed by atoms with Gasteiger partial charge in [-0.2, -0.15) is 0 Å². The van der Waals surface area contributed by atoms with Crippen LogP contribution in [0.5, 0.6) is 0 Å². The Hall–Kier alpha value is -0.640. The molecule has 0 heterocycles. The molecule has 118 valence electrons. The van der Waals surface area contributed by atoms with E-state index in [9.17, 15) is 4.39 Å². The number of hydrogen-bond donors (Lipinski definition) is 1. The molecule has 1 aliphatic carbocycles. The molecule has 0 saturated heterocycles. The molecule has 4 heteroatoms. The van der Waals surface area contributed by atoms with Gasteiger partial charge in [-0.05, 0) is 49.6 Å². The maximum absolute atomic E-state index is 13.7. The first-order valence-corrected chi connectivity index (χ1v) is 8.24. The zero-order chi connectivity index (χ0) is 15.3. The van der Waals surface area contributed by atoms with E-state index in [0.717, 1.165) is 44.2 Å². The fourth-order valence-corrected chi connectivity index (χ4v) is 3.59. The Morgan fingerprint density at radius 1 is 1.33 bits per heavy atom. The first-order chi connectivity index (χ1) is 10.1. The largest absolute Gasteiger partial charge is 0.376 e. The average Bonchev–Trinajstić information content (AvgIpc) is 2.51. The molecule has 1 atom stereocenters. The van der Waals surface area contributed by atoms with Crippen molar-refractivity contribution in [3.8, 4) is 0 Å². The zero-order valence-electron chi connectivity index (χ0n) is 12.9. The molecule has 1 unspecified atom stereocenters. The second kappa shape index (κ2) is 7.57. The highest BCUT2D eigenvalue weighted by Crippen LogP contribution is 2.43. The summed E-state index contributed by atoms with van der Waals surface area (Å²) < 4.78 is 19.6. The van der Waals surface area contributed by atoms with Gasteiger partial charge in [0.05, 0.1) is 11.6 Å². The topological polar surface area (TPSA) is 21.3 Å². The molecule has 0 radical (unpaired) electrons. The summed E-state index contributed by atoms with van der Waals surface area (Å²) in [5, 5.41) is 4.14. The SMILES string of the molecule is CCCNC(c1cc(F)ccc1Cl)C1(OC)CCCCC1. The molecule has 0 spiro atoms. The molecule has 21 heavy (non-hydrogen) atoms. The van der Waals surface area contributed by atoms with Crippen molar-refractivity contribution in [1.82, 2.24) is 5.32 Å². The third kappa shape index (κ3) is 3.77. The van der Waals surface area contributed by atoms with Crippen molar-refractivity contribution < 1.29 is 9.13 Å². The van der Waals surface area contributed by atoms with Gasteiger partial charge in [0.15, 0.2) is 0 Å². The summed E-state index contributed by atoms with van der Waals surface area (Å²) >= 11 is 6.35. The standard InChI is InChI=1S/C17H25ClFNO/c1-3-11-20-16(14-12-13(19)7-8-15(14)18)17(21-2)9-5-4-6-10-17/h7-8,12,16,20H,3-6,9-11H2,1-2H3. The minimum absolute atomic E-state index is 0.0639. The minimum atomic E-state index is -0.287. The molecule has 1 aliphatic rings. The van der Waals surface area contributed by atoms with Crippen molar-refractivity contribution >= 4 is 11.6 Å². The zero-order valence-corrected chi connectivity index (χ0v) is 13.7. The summed E-state index contributed by atoms with van der Waals surface area (Å²) in [6.07, 6.45) is 6.51. The summed E-state index contributed by atoms with van der Waals surface area (Å²) in [5.41, 5.74) is 0.527. The van der Waals surface area contributed by atoms with Gasteiger partial charge in [-0.3, -0.25) is 0 Å². The second-order valence-corrected chi connectivity index (χ2v) is 6.29. The van der Waals surface area contributed by atoms with Gasteiger partial charge in [0.2, 0.25) is 0 Å². The Labute approximate surface area is 132 Å². The second-order valence-electron chi connectivity index (χ2n) is 5.88. The molecule has 0 aromatic heterocycles. The number of benzene rings is 1. The first-order valence-electron chi connectivity index (χ1n) is 7.86. The average molecular weight is 314 g/mol. The van der Waals surface area contributed by atoms with Crippen LogP contribution in [-0.2, 0) is 4.74 Å². The van der Waals surface area contributed by atoms with Crippen LogP contribution >= 0.6 is 11.6 Å². The van der Waals surface area contributed by atoms with E-state index >= 15 is 0 Å². The summed E-state index contributed by atoms with van der Waals surface area (Å²) in [7, 11) is 1.76. The molecular weight excluding hydrogens is 289 g/mol. The molecule has 1 aromatic carbocycles. The van der Waals surface area contributed by atoms with E-state index in [0.29, 0.717) is 5.02 Å². The lowest BCUT2D eigenvalue weighted by molar-refractivity contribution is -0.0687. The highest BCUT2D eigenvalue weighted by atomic mass is 35.5. The number of methoxy groups -OCH3 is 1. The fraction of sp³-hybridized carbons (Fsp3) is 0.647. The molecule has 1 fully saturated rings.